The highest BCUT2D eigenvalue weighted by molar-refractivity contribution is 7.12. The molecule has 0 saturated carbocycles. The molecule has 0 radical (unpaired) electrons. The van der Waals surface area contributed by atoms with E-state index in [9.17, 15) is 9.59 Å². The molecule has 1 aliphatic rings. The van der Waals surface area contributed by atoms with E-state index in [-0.39, 0.29) is 23.9 Å². The maximum atomic E-state index is 12.6. The summed E-state index contributed by atoms with van der Waals surface area (Å²) in [7, 11) is 0. The van der Waals surface area contributed by atoms with Gasteiger partial charge in [0.2, 0.25) is 0 Å². The molecule has 10 heteroatoms. The van der Waals surface area contributed by atoms with Crippen LogP contribution < -0.4 is 16.0 Å². The second-order valence-electron chi connectivity index (χ2n) is 9.10. The summed E-state index contributed by atoms with van der Waals surface area (Å²) in [5.41, 5.74) is 1.65. The number of nitrogens with zero attached hydrogens (tertiary/aromatic N) is 1. The average Bonchev–Trinajstić information content (AvgIpc) is 3.40. The van der Waals surface area contributed by atoms with E-state index in [1.807, 2.05) is 41.8 Å². The van der Waals surface area contributed by atoms with Gasteiger partial charge in [-0.15, -0.1) is 11.3 Å². The number of carbonyl (C=O) groups excluding carboxylic acids is 2. The van der Waals surface area contributed by atoms with Gasteiger partial charge in [0.1, 0.15) is 0 Å². The van der Waals surface area contributed by atoms with Crippen molar-refractivity contribution in [3.8, 4) is 0 Å². The summed E-state index contributed by atoms with van der Waals surface area (Å²) in [6.07, 6.45) is 2.72. The lowest BCUT2D eigenvalue weighted by Gasteiger charge is -2.33. The second-order valence-corrected chi connectivity index (χ2v) is 11.4. The van der Waals surface area contributed by atoms with Gasteiger partial charge in [-0.1, -0.05) is 53.0 Å². The minimum Gasteiger partial charge on any atom is -0.349 e. The molecule has 1 unspecified atom stereocenters. The predicted octanol–water partition coefficient (Wildman–Crippen LogP) is 6.90. The van der Waals surface area contributed by atoms with Crippen molar-refractivity contribution in [2.24, 2.45) is 0 Å². The maximum absolute atomic E-state index is 12.6. The number of carbonyl (C=O) groups is 2. The molecule has 3 aromatic rings. The molecule has 4 rings (SSSR count). The van der Waals surface area contributed by atoms with E-state index in [2.05, 4.69) is 20.9 Å². The Balaban J connectivity index is 1.28. The van der Waals surface area contributed by atoms with Crippen molar-refractivity contribution in [2.45, 2.75) is 31.2 Å². The van der Waals surface area contributed by atoms with E-state index in [4.69, 9.17) is 34.8 Å². The summed E-state index contributed by atoms with van der Waals surface area (Å²) >= 11 is 19.6. The Kier molecular flexibility index (Phi) is 10.1. The first-order valence-corrected chi connectivity index (χ1v) is 14.2. The number of rotatable bonds is 9. The van der Waals surface area contributed by atoms with Crippen molar-refractivity contribution in [1.82, 2.24) is 15.5 Å². The van der Waals surface area contributed by atoms with Gasteiger partial charge >= 0.3 is 6.03 Å². The lowest BCUT2D eigenvalue weighted by molar-refractivity contribution is 0.0914. The molecule has 2 aromatic carbocycles. The zero-order chi connectivity index (χ0) is 26.2. The highest BCUT2D eigenvalue weighted by Crippen LogP contribution is 2.24. The van der Waals surface area contributed by atoms with Crippen molar-refractivity contribution in [3.63, 3.8) is 0 Å². The van der Waals surface area contributed by atoms with Crippen LogP contribution >= 0.6 is 46.1 Å². The number of halogens is 3. The largest absolute Gasteiger partial charge is 0.349 e. The smallest absolute Gasteiger partial charge is 0.319 e. The molecule has 3 amide bonds. The fourth-order valence-electron chi connectivity index (χ4n) is 4.44. The van der Waals surface area contributed by atoms with Crippen LogP contribution in [-0.2, 0) is 0 Å². The van der Waals surface area contributed by atoms with Crippen molar-refractivity contribution in [2.75, 3.05) is 31.5 Å². The van der Waals surface area contributed by atoms with E-state index in [0.29, 0.717) is 27.3 Å². The van der Waals surface area contributed by atoms with E-state index in [1.54, 1.807) is 18.2 Å². The van der Waals surface area contributed by atoms with Gasteiger partial charge < -0.3 is 20.9 Å². The number of thiophene rings is 1. The summed E-state index contributed by atoms with van der Waals surface area (Å²) in [4.78, 5) is 28.1. The summed E-state index contributed by atoms with van der Waals surface area (Å²) < 4.78 is 0. The SMILES string of the molecule is O=C(NCC(CCN1CCC(NC(=O)c2cccs2)CC1)c1ccc(Cl)cc1)Nc1cc(Cl)cc(Cl)c1. The molecule has 1 saturated heterocycles. The van der Waals surface area contributed by atoms with Crippen LogP contribution in [0.1, 0.15) is 40.4 Å². The Morgan fingerprint density at radius 1 is 0.973 bits per heavy atom. The molecule has 1 fully saturated rings. The van der Waals surface area contributed by atoms with E-state index < -0.39 is 0 Å². The predicted molar refractivity (Wildman–Crippen MR) is 154 cm³/mol. The van der Waals surface area contributed by atoms with Crippen molar-refractivity contribution < 1.29 is 9.59 Å². The van der Waals surface area contributed by atoms with Crippen LogP contribution in [0, 0.1) is 0 Å². The number of hydrogen-bond acceptors (Lipinski definition) is 4. The first-order chi connectivity index (χ1) is 17.9. The van der Waals surface area contributed by atoms with Gasteiger partial charge in [0.15, 0.2) is 0 Å². The lowest BCUT2D eigenvalue weighted by atomic mass is 9.94. The zero-order valence-electron chi connectivity index (χ0n) is 20.2. The van der Waals surface area contributed by atoms with E-state index in [0.717, 1.165) is 49.3 Å². The van der Waals surface area contributed by atoms with E-state index >= 15 is 0 Å². The minimum absolute atomic E-state index is 0.0145. The molecule has 3 N–H and O–H groups in total. The Bertz CT molecular complexity index is 1160. The number of piperidine rings is 1. The van der Waals surface area contributed by atoms with Gasteiger partial charge in [0.25, 0.3) is 5.91 Å². The topological polar surface area (TPSA) is 73.5 Å². The average molecular weight is 580 g/mol. The summed E-state index contributed by atoms with van der Waals surface area (Å²) in [6.45, 7) is 3.21. The van der Waals surface area contributed by atoms with Crippen molar-refractivity contribution in [3.05, 3.63) is 85.5 Å². The molecule has 1 aromatic heterocycles. The van der Waals surface area contributed by atoms with Gasteiger partial charge in [-0.05, 0) is 73.1 Å². The maximum Gasteiger partial charge on any atom is 0.319 e. The zero-order valence-corrected chi connectivity index (χ0v) is 23.3. The highest BCUT2D eigenvalue weighted by Gasteiger charge is 2.23. The molecule has 1 atom stereocenters. The minimum atomic E-state index is -0.320. The first-order valence-electron chi connectivity index (χ1n) is 12.2. The molecule has 37 heavy (non-hydrogen) atoms. The second kappa shape index (κ2) is 13.5. The van der Waals surface area contributed by atoms with Crippen molar-refractivity contribution >= 4 is 63.8 Å². The molecule has 0 spiro atoms. The number of likely N-dealkylation sites (tertiary alicyclic amines) is 1. The fourth-order valence-corrected chi connectivity index (χ4v) is 5.72. The number of hydrogen-bond donors (Lipinski definition) is 3. The van der Waals surface area contributed by atoms with Crippen LogP contribution in [0.4, 0.5) is 10.5 Å². The van der Waals surface area contributed by atoms with Gasteiger partial charge in [-0.2, -0.15) is 0 Å². The molecule has 0 bridgehead atoms. The molecule has 196 valence electrons. The third-order valence-corrected chi connectivity index (χ3v) is 7.99. The molecular weight excluding hydrogens is 551 g/mol. The van der Waals surface area contributed by atoms with Gasteiger partial charge in [-0.25, -0.2) is 4.79 Å². The summed E-state index contributed by atoms with van der Waals surface area (Å²) in [5.74, 6) is 0.128. The number of anilines is 1. The Morgan fingerprint density at radius 3 is 2.32 bits per heavy atom. The van der Waals surface area contributed by atoms with Crippen LogP contribution in [0.2, 0.25) is 15.1 Å². The lowest BCUT2D eigenvalue weighted by Crippen LogP contribution is -2.45. The quantitative estimate of drug-likeness (QED) is 0.258. The van der Waals surface area contributed by atoms with Gasteiger partial charge in [0, 0.05) is 52.3 Å². The molecule has 0 aliphatic carbocycles. The van der Waals surface area contributed by atoms with Gasteiger partial charge in [-0.3, -0.25) is 4.79 Å². The van der Waals surface area contributed by atoms with Crippen LogP contribution in [-0.4, -0.2) is 49.1 Å². The summed E-state index contributed by atoms with van der Waals surface area (Å²) in [6, 6.07) is 16.3. The normalized spacial score (nSPS) is 15.2. The first kappa shape index (κ1) is 27.7. The van der Waals surface area contributed by atoms with Crippen LogP contribution in [0.5, 0.6) is 0 Å². The molecule has 2 heterocycles. The van der Waals surface area contributed by atoms with Crippen molar-refractivity contribution in [1.29, 1.82) is 0 Å². The van der Waals surface area contributed by atoms with Crippen LogP contribution in [0.3, 0.4) is 0 Å². The third kappa shape index (κ3) is 8.62. The number of benzene rings is 2. The monoisotopic (exact) mass is 578 g/mol. The number of amides is 3. The van der Waals surface area contributed by atoms with Crippen LogP contribution in [0.15, 0.2) is 60.0 Å². The fraction of sp³-hybridized carbons (Fsp3) is 0.333. The van der Waals surface area contributed by atoms with Gasteiger partial charge in [0.05, 0.1) is 4.88 Å². The third-order valence-electron chi connectivity index (χ3n) is 6.43. The van der Waals surface area contributed by atoms with E-state index in [1.165, 1.54) is 11.3 Å². The molecular formula is C27H29Cl3N4O2S. The van der Waals surface area contributed by atoms with Crippen LogP contribution in [0.25, 0.3) is 0 Å². The Hall–Kier alpha value is -2.29. The Labute approximate surface area is 236 Å². The number of nitrogens with one attached hydrogen (secondary N) is 3. The Morgan fingerprint density at radius 2 is 1.68 bits per heavy atom. The molecule has 1 aliphatic heterocycles. The molecule has 6 nitrogen and oxygen atoms in total. The summed E-state index contributed by atoms with van der Waals surface area (Å²) in [5, 5.41) is 12.4. The standard InChI is InChI=1S/C27H29Cl3N4O2S/c28-20-5-3-18(4-6-20)19(17-31-27(36)33-24-15-21(29)14-22(30)16-24)7-10-34-11-8-23(9-12-34)32-26(35)25-2-1-13-37-25/h1-6,13-16,19,23H,7-12,17H2,(H,32,35)(H2,31,33,36). The highest BCUT2D eigenvalue weighted by atomic mass is 35.5. The number of urea groups is 1.